The summed E-state index contributed by atoms with van der Waals surface area (Å²) in [7, 11) is 0. The summed E-state index contributed by atoms with van der Waals surface area (Å²) in [5.41, 5.74) is -1.19. The predicted molar refractivity (Wildman–Crippen MR) is 47.1 cm³/mol. The SMILES string of the molecule is CCC(C)OC(=O)C(C)(C)OC=O. The molecule has 0 saturated carbocycles. The Bertz CT molecular complexity index is 186. The molecule has 13 heavy (non-hydrogen) atoms. The molecule has 0 aliphatic heterocycles. The summed E-state index contributed by atoms with van der Waals surface area (Å²) in [6.07, 6.45) is 0.588. The molecular weight excluding hydrogens is 172 g/mol. The van der Waals surface area contributed by atoms with Gasteiger partial charge in [0, 0.05) is 0 Å². The lowest BCUT2D eigenvalue weighted by atomic mass is 10.1. The van der Waals surface area contributed by atoms with Gasteiger partial charge in [-0.1, -0.05) is 6.92 Å². The van der Waals surface area contributed by atoms with E-state index in [4.69, 9.17) is 4.74 Å². The Hall–Kier alpha value is -1.06. The highest BCUT2D eigenvalue weighted by Gasteiger charge is 2.32. The molecule has 0 heterocycles. The quantitative estimate of drug-likeness (QED) is 0.481. The van der Waals surface area contributed by atoms with Crippen LogP contribution in [0, 0.1) is 0 Å². The lowest BCUT2D eigenvalue weighted by Gasteiger charge is -2.22. The van der Waals surface area contributed by atoms with Gasteiger partial charge in [0.05, 0.1) is 6.10 Å². The van der Waals surface area contributed by atoms with Crippen LogP contribution in [0.3, 0.4) is 0 Å². The first-order chi connectivity index (χ1) is 5.94. The third kappa shape index (κ3) is 3.92. The van der Waals surface area contributed by atoms with E-state index in [0.717, 1.165) is 6.42 Å². The van der Waals surface area contributed by atoms with Crippen LogP contribution in [-0.4, -0.2) is 24.1 Å². The fraction of sp³-hybridized carbons (Fsp3) is 0.778. The van der Waals surface area contributed by atoms with E-state index in [1.54, 1.807) is 6.92 Å². The number of hydrogen-bond acceptors (Lipinski definition) is 4. The maximum atomic E-state index is 11.3. The summed E-state index contributed by atoms with van der Waals surface area (Å²) in [6.45, 7) is 6.93. The lowest BCUT2D eigenvalue weighted by Crippen LogP contribution is -2.38. The molecule has 0 saturated heterocycles. The second-order valence-electron chi connectivity index (χ2n) is 3.35. The van der Waals surface area contributed by atoms with Crippen molar-refractivity contribution in [3.8, 4) is 0 Å². The average molecular weight is 188 g/mol. The van der Waals surface area contributed by atoms with Crippen molar-refractivity contribution >= 4 is 12.4 Å². The van der Waals surface area contributed by atoms with Crippen LogP contribution in [0.15, 0.2) is 0 Å². The van der Waals surface area contributed by atoms with Crippen molar-refractivity contribution in [3.05, 3.63) is 0 Å². The molecule has 0 spiro atoms. The zero-order valence-corrected chi connectivity index (χ0v) is 8.49. The molecule has 76 valence electrons. The summed E-state index contributed by atoms with van der Waals surface area (Å²) < 4.78 is 9.58. The Morgan fingerprint density at radius 3 is 2.46 bits per heavy atom. The maximum absolute atomic E-state index is 11.3. The van der Waals surface area contributed by atoms with Crippen molar-refractivity contribution in [1.29, 1.82) is 0 Å². The monoisotopic (exact) mass is 188 g/mol. The van der Waals surface area contributed by atoms with Crippen molar-refractivity contribution in [1.82, 2.24) is 0 Å². The van der Waals surface area contributed by atoms with Gasteiger partial charge in [-0.05, 0) is 27.2 Å². The first-order valence-corrected chi connectivity index (χ1v) is 4.26. The number of carbonyl (C=O) groups is 2. The highest BCUT2D eigenvalue weighted by molar-refractivity contribution is 5.79. The number of hydrogen-bond donors (Lipinski definition) is 0. The Morgan fingerprint density at radius 1 is 1.54 bits per heavy atom. The van der Waals surface area contributed by atoms with Crippen LogP contribution < -0.4 is 0 Å². The fourth-order valence-electron chi connectivity index (χ4n) is 0.576. The third-order valence-electron chi connectivity index (χ3n) is 1.72. The third-order valence-corrected chi connectivity index (χ3v) is 1.72. The first kappa shape index (κ1) is 11.9. The van der Waals surface area contributed by atoms with Gasteiger partial charge in [0.1, 0.15) is 0 Å². The van der Waals surface area contributed by atoms with Crippen LogP contribution in [0.1, 0.15) is 34.1 Å². The van der Waals surface area contributed by atoms with Gasteiger partial charge in [0.25, 0.3) is 6.47 Å². The second kappa shape index (κ2) is 4.84. The van der Waals surface area contributed by atoms with E-state index in [9.17, 15) is 9.59 Å². The summed E-state index contributed by atoms with van der Waals surface area (Å²) in [5, 5.41) is 0. The van der Waals surface area contributed by atoms with E-state index in [1.807, 2.05) is 6.92 Å². The fourth-order valence-corrected chi connectivity index (χ4v) is 0.576. The van der Waals surface area contributed by atoms with Gasteiger partial charge in [0.15, 0.2) is 0 Å². The Labute approximate surface area is 78.2 Å². The molecule has 0 bridgehead atoms. The van der Waals surface area contributed by atoms with E-state index < -0.39 is 11.6 Å². The summed E-state index contributed by atoms with van der Waals surface area (Å²) in [4.78, 5) is 21.4. The topological polar surface area (TPSA) is 52.6 Å². The molecule has 0 radical (unpaired) electrons. The zero-order chi connectivity index (χ0) is 10.5. The van der Waals surface area contributed by atoms with Gasteiger partial charge in [0.2, 0.25) is 5.60 Å². The Morgan fingerprint density at radius 2 is 2.08 bits per heavy atom. The Balaban J connectivity index is 4.15. The van der Waals surface area contributed by atoms with E-state index in [0.29, 0.717) is 0 Å². The first-order valence-electron chi connectivity index (χ1n) is 4.26. The van der Waals surface area contributed by atoms with Gasteiger partial charge in [-0.15, -0.1) is 0 Å². The molecule has 1 atom stereocenters. The van der Waals surface area contributed by atoms with E-state index in [1.165, 1.54) is 13.8 Å². The van der Waals surface area contributed by atoms with Crippen LogP contribution in [-0.2, 0) is 19.1 Å². The zero-order valence-electron chi connectivity index (χ0n) is 8.49. The standard InChI is InChI=1S/C9H16O4/c1-5-7(2)13-8(11)9(3,4)12-6-10/h6-7H,5H2,1-4H3. The number of rotatable bonds is 5. The normalized spacial score (nSPS) is 13.2. The maximum Gasteiger partial charge on any atom is 0.350 e. The molecule has 4 nitrogen and oxygen atoms in total. The molecule has 0 rings (SSSR count). The van der Waals surface area contributed by atoms with Gasteiger partial charge in [-0.25, -0.2) is 4.79 Å². The predicted octanol–water partition coefficient (Wildman–Crippen LogP) is 1.28. The van der Waals surface area contributed by atoms with Crippen molar-refractivity contribution in [2.75, 3.05) is 0 Å². The molecule has 0 aromatic carbocycles. The Kier molecular flexibility index (Phi) is 4.45. The van der Waals surface area contributed by atoms with Crippen LogP contribution in [0.4, 0.5) is 0 Å². The lowest BCUT2D eigenvalue weighted by molar-refractivity contribution is -0.175. The van der Waals surface area contributed by atoms with Crippen molar-refractivity contribution in [2.45, 2.75) is 45.8 Å². The number of esters is 1. The van der Waals surface area contributed by atoms with Gasteiger partial charge >= 0.3 is 5.97 Å². The average Bonchev–Trinajstić information content (AvgIpc) is 2.04. The molecule has 0 aromatic heterocycles. The molecular formula is C9H16O4. The molecule has 0 fully saturated rings. The molecule has 0 N–H and O–H groups in total. The van der Waals surface area contributed by atoms with E-state index in [2.05, 4.69) is 4.74 Å². The van der Waals surface area contributed by atoms with Gasteiger partial charge in [-0.3, -0.25) is 4.79 Å². The van der Waals surface area contributed by atoms with Crippen molar-refractivity contribution in [2.24, 2.45) is 0 Å². The molecule has 0 amide bonds. The minimum absolute atomic E-state index is 0.151. The summed E-state index contributed by atoms with van der Waals surface area (Å²) in [6, 6.07) is 0. The van der Waals surface area contributed by atoms with Gasteiger partial charge < -0.3 is 9.47 Å². The smallest absolute Gasteiger partial charge is 0.350 e. The summed E-state index contributed by atoms with van der Waals surface area (Å²) in [5.74, 6) is -0.519. The van der Waals surface area contributed by atoms with Gasteiger partial charge in [-0.2, -0.15) is 0 Å². The van der Waals surface area contributed by atoms with Crippen molar-refractivity contribution < 1.29 is 19.1 Å². The van der Waals surface area contributed by atoms with E-state index >= 15 is 0 Å². The number of carbonyl (C=O) groups excluding carboxylic acids is 2. The highest BCUT2D eigenvalue weighted by atomic mass is 16.6. The number of ether oxygens (including phenoxy) is 2. The molecule has 0 aromatic rings. The largest absolute Gasteiger partial charge is 0.460 e. The summed E-state index contributed by atoms with van der Waals surface area (Å²) >= 11 is 0. The van der Waals surface area contributed by atoms with Crippen LogP contribution in [0.25, 0.3) is 0 Å². The van der Waals surface area contributed by atoms with Crippen molar-refractivity contribution in [3.63, 3.8) is 0 Å². The van der Waals surface area contributed by atoms with Crippen LogP contribution in [0.5, 0.6) is 0 Å². The highest BCUT2D eigenvalue weighted by Crippen LogP contribution is 2.12. The van der Waals surface area contributed by atoms with E-state index in [-0.39, 0.29) is 12.6 Å². The minimum Gasteiger partial charge on any atom is -0.460 e. The molecule has 0 aliphatic rings. The molecule has 0 aliphatic carbocycles. The second-order valence-corrected chi connectivity index (χ2v) is 3.35. The molecule has 1 unspecified atom stereocenters. The minimum atomic E-state index is -1.19. The molecule has 4 heteroatoms. The van der Waals surface area contributed by atoms with Crippen LogP contribution >= 0.6 is 0 Å². The van der Waals surface area contributed by atoms with Crippen LogP contribution in [0.2, 0.25) is 0 Å².